The molecule has 3 unspecified atom stereocenters. The number of hydrogen-bond donors (Lipinski definition) is 0. The fourth-order valence-corrected chi connectivity index (χ4v) is 4.52. The molecule has 2 heterocycles. The van der Waals surface area contributed by atoms with Gasteiger partial charge in [0, 0.05) is 25.8 Å². The number of benzene rings is 1. The molecule has 3 aliphatic rings. The molecule has 0 bridgehead atoms. The SMILES string of the molecule is COCCCN1C(=O)C2=C(C(=O)C3CCCCC3O2)C1c1ccccc1F. The third-order valence-electron chi connectivity index (χ3n) is 5.81. The Labute approximate surface area is 158 Å². The van der Waals surface area contributed by atoms with E-state index in [0.29, 0.717) is 30.7 Å². The molecule has 0 spiro atoms. The summed E-state index contributed by atoms with van der Waals surface area (Å²) in [5.74, 6) is -0.866. The maximum atomic E-state index is 14.6. The molecule has 1 saturated carbocycles. The number of halogens is 1. The van der Waals surface area contributed by atoms with Gasteiger partial charge >= 0.3 is 0 Å². The van der Waals surface area contributed by atoms with Crippen molar-refractivity contribution in [2.75, 3.05) is 20.3 Å². The van der Waals surface area contributed by atoms with Gasteiger partial charge in [0.1, 0.15) is 11.9 Å². The van der Waals surface area contributed by atoms with E-state index in [1.54, 1.807) is 30.2 Å². The summed E-state index contributed by atoms with van der Waals surface area (Å²) >= 11 is 0. The van der Waals surface area contributed by atoms with Gasteiger partial charge in [0.25, 0.3) is 5.91 Å². The maximum absolute atomic E-state index is 14.6. The fourth-order valence-electron chi connectivity index (χ4n) is 4.52. The number of methoxy groups -OCH3 is 1. The van der Waals surface area contributed by atoms with Crippen LogP contribution in [0.3, 0.4) is 0 Å². The van der Waals surface area contributed by atoms with E-state index in [0.717, 1.165) is 25.7 Å². The van der Waals surface area contributed by atoms with Gasteiger partial charge < -0.3 is 14.4 Å². The van der Waals surface area contributed by atoms with Crippen molar-refractivity contribution in [3.05, 3.63) is 47.0 Å². The van der Waals surface area contributed by atoms with Crippen LogP contribution in [0.2, 0.25) is 0 Å². The molecule has 0 saturated heterocycles. The van der Waals surface area contributed by atoms with Crippen molar-refractivity contribution in [3.8, 4) is 0 Å². The average Bonchev–Trinajstić information content (AvgIpc) is 2.95. The van der Waals surface area contributed by atoms with Gasteiger partial charge in [-0.15, -0.1) is 0 Å². The summed E-state index contributed by atoms with van der Waals surface area (Å²) in [6.45, 7) is 0.864. The van der Waals surface area contributed by atoms with Crippen molar-refractivity contribution in [3.63, 3.8) is 0 Å². The van der Waals surface area contributed by atoms with Crippen molar-refractivity contribution in [2.45, 2.75) is 44.2 Å². The lowest BCUT2D eigenvalue weighted by Gasteiger charge is -2.35. The summed E-state index contributed by atoms with van der Waals surface area (Å²) in [5, 5.41) is 0. The molecule has 1 fully saturated rings. The number of rotatable bonds is 5. The lowest BCUT2D eigenvalue weighted by atomic mass is 9.77. The Morgan fingerprint density at radius 1 is 1.22 bits per heavy atom. The molecular weight excluding hydrogens is 349 g/mol. The summed E-state index contributed by atoms with van der Waals surface area (Å²) in [6, 6.07) is 5.62. The van der Waals surface area contributed by atoms with Crippen LogP contribution in [-0.2, 0) is 19.1 Å². The van der Waals surface area contributed by atoms with Crippen LogP contribution in [0.15, 0.2) is 35.6 Å². The van der Waals surface area contributed by atoms with Gasteiger partial charge in [-0.1, -0.05) is 24.6 Å². The van der Waals surface area contributed by atoms with Crippen LogP contribution < -0.4 is 0 Å². The van der Waals surface area contributed by atoms with Crippen molar-refractivity contribution in [1.29, 1.82) is 0 Å². The molecule has 2 aliphatic heterocycles. The van der Waals surface area contributed by atoms with E-state index >= 15 is 0 Å². The minimum Gasteiger partial charge on any atom is -0.483 e. The summed E-state index contributed by atoms with van der Waals surface area (Å²) < 4.78 is 25.7. The minimum absolute atomic E-state index is 0.0446. The highest BCUT2D eigenvalue weighted by molar-refractivity contribution is 6.11. The Morgan fingerprint density at radius 3 is 2.78 bits per heavy atom. The first kappa shape index (κ1) is 18.2. The number of carbonyl (C=O) groups excluding carboxylic acids is 2. The number of ketones is 1. The van der Waals surface area contributed by atoms with Crippen molar-refractivity contribution >= 4 is 11.7 Å². The zero-order valence-electron chi connectivity index (χ0n) is 15.4. The minimum atomic E-state index is -0.721. The summed E-state index contributed by atoms with van der Waals surface area (Å²) in [5.41, 5.74) is 0.685. The summed E-state index contributed by atoms with van der Waals surface area (Å²) in [6.07, 6.45) is 3.91. The Morgan fingerprint density at radius 2 is 2.00 bits per heavy atom. The first-order valence-corrected chi connectivity index (χ1v) is 9.63. The van der Waals surface area contributed by atoms with E-state index in [1.807, 2.05) is 0 Å². The van der Waals surface area contributed by atoms with E-state index in [2.05, 4.69) is 0 Å². The molecule has 1 aliphatic carbocycles. The first-order valence-electron chi connectivity index (χ1n) is 9.63. The fraction of sp³-hybridized carbons (Fsp3) is 0.524. The normalized spacial score (nSPS) is 27.5. The number of carbonyl (C=O) groups is 2. The van der Waals surface area contributed by atoms with Gasteiger partial charge in [-0.2, -0.15) is 0 Å². The van der Waals surface area contributed by atoms with Crippen molar-refractivity contribution in [2.24, 2.45) is 5.92 Å². The number of fused-ring (bicyclic) bond motifs is 1. The standard InChI is InChI=1S/C21H24FNO4/c1-26-12-6-11-23-18(13-7-2-4-9-15(13)22)17-19(24)14-8-3-5-10-16(14)27-20(17)21(23)25/h2,4,7,9,14,16,18H,3,5-6,8,10-12H2,1H3. The quantitative estimate of drug-likeness (QED) is 0.744. The third-order valence-corrected chi connectivity index (χ3v) is 5.81. The number of Topliss-reactive ketones (excluding diaryl/α,β-unsaturated/α-hetero) is 1. The van der Waals surface area contributed by atoms with E-state index in [-0.39, 0.29) is 29.5 Å². The first-order chi connectivity index (χ1) is 13.1. The summed E-state index contributed by atoms with van der Waals surface area (Å²) in [4.78, 5) is 27.9. The van der Waals surface area contributed by atoms with Gasteiger partial charge in [0.05, 0.1) is 17.5 Å². The van der Waals surface area contributed by atoms with Crippen LogP contribution >= 0.6 is 0 Å². The van der Waals surface area contributed by atoms with E-state index in [4.69, 9.17) is 9.47 Å². The largest absolute Gasteiger partial charge is 0.483 e. The average molecular weight is 373 g/mol. The monoisotopic (exact) mass is 373 g/mol. The Kier molecular flexibility index (Phi) is 5.00. The second kappa shape index (κ2) is 7.43. The zero-order valence-corrected chi connectivity index (χ0v) is 15.4. The molecule has 4 rings (SSSR count). The van der Waals surface area contributed by atoms with Crippen molar-refractivity contribution < 1.29 is 23.5 Å². The highest BCUT2D eigenvalue weighted by atomic mass is 19.1. The summed E-state index contributed by atoms with van der Waals surface area (Å²) in [7, 11) is 1.60. The molecule has 0 radical (unpaired) electrons. The van der Waals surface area contributed by atoms with Crippen LogP contribution in [0.1, 0.15) is 43.7 Å². The second-order valence-corrected chi connectivity index (χ2v) is 7.42. The third kappa shape index (κ3) is 3.06. The maximum Gasteiger partial charge on any atom is 0.290 e. The van der Waals surface area contributed by atoms with Gasteiger partial charge in [0.2, 0.25) is 0 Å². The van der Waals surface area contributed by atoms with Gasteiger partial charge in [-0.25, -0.2) is 4.39 Å². The van der Waals surface area contributed by atoms with Gasteiger partial charge in [-0.05, 0) is 31.7 Å². The molecule has 3 atom stereocenters. The molecule has 1 aromatic carbocycles. The molecule has 5 nitrogen and oxygen atoms in total. The Hall–Kier alpha value is -2.21. The molecule has 144 valence electrons. The molecular formula is C21H24FNO4. The predicted molar refractivity (Wildman–Crippen MR) is 96.2 cm³/mol. The van der Waals surface area contributed by atoms with Crippen LogP contribution in [-0.4, -0.2) is 43.0 Å². The van der Waals surface area contributed by atoms with Crippen LogP contribution in [0.4, 0.5) is 4.39 Å². The van der Waals surface area contributed by atoms with Crippen LogP contribution in [0.25, 0.3) is 0 Å². The van der Waals surface area contributed by atoms with Gasteiger partial charge in [0.15, 0.2) is 11.5 Å². The van der Waals surface area contributed by atoms with E-state index < -0.39 is 11.9 Å². The molecule has 0 N–H and O–H groups in total. The second-order valence-electron chi connectivity index (χ2n) is 7.42. The Balaban J connectivity index is 1.75. The Bertz CT molecular complexity index is 790. The lowest BCUT2D eigenvalue weighted by Crippen LogP contribution is -2.39. The topological polar surface area (TPSA) is 55.8 Å². The zero-order chi connectivity index (χ0) is 19.0. The van der Waals surface area contributed by atoms with Gasteiger partial charge in [-0.3, -0.25) is 9.59 Å². The van der Waals surface area contributed by atoms with Crippen LogP contribution in [0.5, 0.6) is 0 Å². The lowest BCUT2D eigenvalue weighted by molar-refractivity contribution is -0.135. The predicted octanol–water partition coefficient (Wildman–Crippen LogP) is 3.16. The molecule has 1 amide bonds. The van der Waals surface area contributed by atoms with E-state index in [1.165, 1.54) is 6.07 Å². The smallest absolute Gasteiger partial charge is 0.290 e. The highest BCUT2D eigenvalue weighted by Gasteiger charge is 2.52. The van der Waals surface area contributed by atoms with Crippen molar-refractivity contribution in [1.82, 2.24) is 4.90 Å². The number of ether oxygens (including phenoxy) is 2. The number of amides is 1. The van der Waals surface area contributed by atoms with E-state index in [9.17, 15) is 14.0 Å². The molecule has 0 aromatic heterocycles. The molecule has 6 heteroatoms. The molecule has 1 aromatic rings. The number of hydrogen-bond acceptors (Lipinski definition) is 4. The number of nitrogens with zero attached hydrogens (tertiary/aromatic N) is 1. The van der Waals surface area contributed by atoms with Crippen LogP contribution in [0, 0.1) is 11.7 Å². The molecule has 27 heavy (non-hydrogen) atoms. The highest BCUT2D eigenvalue weighted by Crippen LogP contribution is 2.47.